The topological polar surface area (TPSA) is 108 Å². The molecular weight excluding hydrogens is 791 g/mol. The SMILES string of the molecule is CC/C=C\C/C=C\C/C=C\C/C=C\C/C=C\CCCCCCCCCCCC(=O)OC(COC(=O)CCCCCCCCCCCCCCC)COC(OCC[N+](C)(C)C)C(=O)O. The van der Waals surface area contributed by atoms with Crippen molar-refractivity contribution in [2.45, 2.75) is 219 Å². The van der Waals surface area contributed by atoms with E-state index < -0.39 is 24.3 Å². The Balaban J connectivity index is 4.31. The molecule has 9 nitrogen and oxygen atoms in total. The summed E-state index contributed by atoms with van der Waals surface area (Å²) in [6.45, 7) is 4.75. The summed E-state index contributed by atoms with van der Waals surface area (Å²) in [6, 6.07) is 0. The van der Waals surface area contributed by atoms with Crippen LogP contribution in [0.2, 0.25) is 0 Å². The lowest BCUT2D eigenvalue weighted by atomic mass is 10.0. The highest BCUT2D eigenvalue weighted by Gasteiger charge is 2.25. The van der Waals surface area contributed by atoms with Crippen molar-refractivity contribution in [1.29, 1.82) is 0 Å². The van der Waals surface area contributed by atoms with Gasteiger partial charge in [0.1, 0.15) is 13.2 Å². The molecule has 9 heteroatoms. The number of hydrogen-bond acceptors (Lipinski definition) is 7. The Kier molecular flexibility index (Phi) is 43.4. The number of carbonyl (C=O) groups excluding carboxylic acids is 2. The number of ether oxygens (including phenoxy) is 4. The molecule has 0 aliphatic carbocycles. The normalized spacial score (nSPS) is 13.3. The summed E-state index contributed by atoms with van der Waals surface area (Å²) in [4.78, 5) is 37.2. The van der Waals surface area contributed by atoms with E-state index in [4.69, 9.17) is 18.9 Å². The monoisotopic (exact) mass is 887 g/mol. The lowest BCUT2D eigenvalue weighted by molar-refractivity contribution is -0.870. The van der Waals surface area contributed by atoms with E-state index in [0.717, 1.165) is 77.0 Å². The summed E-state index contributed by atoms with van der Waals surface area (Å²) >= 11 is 0. The fourth-order valence-electron chi connectivity index (χ4n) is 6.86. The number of carbonyl (C=O) groups is 3. The third-order valence-corrected chi connectivity index (χ3v) is 10.8. The smallest absolute Gasteiger partial charge is 0.361 e. The summed E-state index contributed by atoms with van der Waals surface area (Å²) in [6.07, 6.45) is 52.8. The van der Waals surface area contributed by atoms with Crippen molar-refractivity contribution in [3.8, 4) is 0 Å². The first kappa shape index (κ1) is 60.0. The molecule has 0 fully saturated rings. The lowest BCUT2D eigenvalue weighted by Crippen LogP contribution is -2.40. The van der Waals surface area contributed by atoms with Gasteiger partial charge in [-0.3, -0.25) is 9.59 Å². The summed E-state index contributed by atoms with van der Waals surface area (Å²) in [5.74, 6) is -2.01. The predicted molar refractivity (Wildman–Crippen MR) is 263 cm³/mol. The Hall–Kier alpha value is -3.01. The molecule has 0 aromatic heterocycles. The van der Waals surface area contributed by atoms with Gasteiger partial charge >= 0.3 is 17.9 Å². The van der Waals surface area contributed by atoms with E-state index >= 15 is 0 Å². The first-order valence-electron chi connectivity index (χ1n) is 25.5. The molecule has 1 N–H and O–H groups in total. The van der Waals surface area contributed by atoms with Crippen LogP contribution in [0, 0.1) is 0 Å². The van der Waals surface area contributed by atoms with Crippen LogP contribution in [-0.2, 0) is 33.3 Å². The van der Waals surface area contributed by atoms with E-state index in [-0.39, 0.29) is 32.2 Å². The molecule has 0 aliphatic rings. The van der Waals surface area contributed by atoms with Crippen LogP contribution in [0.1, 0.15) is 206 Å². The van der Waals surface area contributed by atoms with Crippen molar-refractivity contribution in [3.63, 3.8) is 0 Å². The number of allylic oxidation sites excluding steroid dienone is 10. The first-order valence-corrected chi connectivity index (χ1v) is 25.5. The maximum atomic E-state index is 12.8. The third-order valence-electron chi connectivity index (χ3n) is 10.8. The van der Waals surface area contributed by atoms with Gasteiger partial charge in [-0.1, -0.05) is 197 Å². The van der Waals surface area contributed by atoms with Gasteiger partial charge in [0.25, 0.3) is 6.29 Å². The molecule has 0 saturated carbocycles. The van der Waals surface area contributed by atoms with E-state index in [1.54, 1.807) is 0 Å². The average molecular weight is 887 g/mol. The molecule has 0 amide bonds. The average Bonchev–Trinajstić information content (AvgIpc) is 3.24. The maximum Gasteiger partial charge on any atom is 0.361 e. The van der Waals surface area contributed by atoms with E-state index in [2.05, 4.69) is 74.6 Å². The molecule has 63 heavy (non-hydrogen) atoms. The van der Waals surface area contributed by atoms with Crippen LogP contribution < -0.4 is 0 Å². The molecule has 0 aromatic rings. The number of nitrogens with zero attached hydrogens (tertiary/aromatic N) is 1. The largest absolute Gasteiger partial charge is 0.477 e. The molecule has 0 aromatic carbocycles. The molecule has 0 spiro atoms. The number of quaternary nitrogens is 1. The van der Waals surface area contributed by atoms with Crippen molar-refractivity contribution in [3.05, 3.63) is 60.8 Å². The summed E-state index contributed by atoms with van der Waals surface area (Å²) in [5, 5.41) is 9.66. The molecule has 0 aliphatic heterocycles. The van der Waals surface area contributed by atoms with Crippen LogP contribution >= 0.6 is 0 Å². The van der Waals surface area contributed by atoms with Gasteiger partial charge in [-0.05, 0) is 57.8 Å². The number of carboxylic acids is 1. The van der Waals surface area contributed by atoms with Gasteiger partial charge < -0.3 is 28.5 Å². The molecule has 2 unspecified atom stereocenters. The van der Waals surface area contributed by atoms with E-state index in [9.17, 15) is 19.5 Å². The number of hydrogen-bond donors (Lipinski definition) is 1. The number of carboxylic acid groups (broad SMARTS) is 1. The molecule has 2 atom stereocenters. The standard InChI is InChI=1S/C54H95NO8/c1-6-8-10-12-14-16-18-20-21-22-23-24-25-26-27-28-29-30-31-33-35-37-39-41-43-45-52(57)63-50(49-62-54(53(58)59)60-47-46-55(3,4)5)48-61-51(56)44-42-40-38-36-34-32-19-17-15-13-11-9-7-2/h8,10,14,16,20-21,23-24,26-27,50,54H,6-7,9,11-13,15,17-19,22,25,28-49H2,1-5H3/p+1/b10-8-,16-14-,21-20-,24-23-,27-26-. The molecule has 0 rings (SSSR count). The molecule has 0 saturated heterocycles. The fraction of sp³-hybridized carbons (Fsp3) is 0.759. The van der Waals surface area contributed by atoms with Crippen molar-refractivity contribution in [2.24, 2.45) is 0 Å². The Labute approximate surface area is 386 Å². The van der Waals surface area contributed by atoms with Gasteiger partial charge in [0.15, 0.2) is 6.10 Å². The molecular formula is C54H96NO8+. The van der Waals surface area contributed by atoms with Crippen LogP contribution in [-0.4, -0.2) is 87.4 Å². The number of rotatable bonds is 46. The lowest BCUT2D eigenvalue weighted by Gasteiger charge is -2.25. The van der Waals surface area contributed by atoms with Gasteiger partial charge in [0.05, 0.1) is 34.4 Å². The zero-order valence-corrected chi connectivity index (χ0v) is 41.2. The van der Waals surface area contributed by atoms with Gasteiger partial charge in [0, 0.05) is 12.8 Å². The molecule has 0 radical (unpaired) electrons. The fourth-order valence-corrected chi connectivity index (χ4v) is 6.86. The van der Waals surface area contributed by atoms with Gasteiger partial charge in [-0.2, -0.15) is 0 Å². The number of esters is 2. The second kappa shape index (κ2) is 45.6. The maximum absolute atomic E-state index is 12.8. The zero-order chi connectivity index (χ0) is 46.3. The van der Waals surface area contributed by atoms with Crippen LogP contribution in [0.25, 0.3) is 0 Å². The Morgan fingerprint density at radius 3 is 1.35 bits per heavy atom. The minimum Gasteiger partial charge on any atom is -0.477 e. The minimum atomic E-state index is -1.51. The van der Waals surface area contributed by atoms with E-state index in [0.29, 0.717) is 23.9 Å². The molecule has 364 valence electrons. The van der Waals surface area contributed by atoms with Crippen molar-refractivity contribution in [1.82, 2.24) is 0 Å². The van der Waals surface area contributed by atoms with Crippen LogP contribution in [0.4, 0.5) is 0 Å². The summed E-state index contributed by atoms with van der Waals surface area (Å²) in [5.41, 5.74) is 0. The minimum absolute atomic E-state index is 0.184. The zero-order valence-electron chi connectivity index (χ0n) is 41.2. The number of likely N-dealkylation sites (N-methyl/N-ethyl adjacent to an activating group) is 1. The van der Waals surface area contributed by atoms with Crippen LogP contribution in [0.5, 0.6) is 0 Å². The van der Waals surface area contributed by atoms with Crippen LogP contribution in [0.3, 0.4) is 0 Å². The summed E-state index contributed by atoms with van der Waals surface area (Å²) in [7, 11) is 5.96. The van der Waals surface area contributed by atoms with E-state index in [1.165, 1.54) is 96.3 Å². The van der Waals surface area contributed by atoms with Crippen LogP contribution in [0.15, 0.2) is 60.8 Å². The predicted octanol–water partition coefficient (Wildman–Crippen LogP) is 14.1. The number of aliphatic carboxylic acids is 1. The Bertz CT molecular complexity index is 1220. The van der Waals surface area contributed by atoms with Crippen molar-refractivity contribution < 1.29 is 42.9 Å². The Morgan fingerprint density at radius 2 is 0.905 bits per heavy atom. The highest BCUT2D eigenvalue weighted by atomic mass is 16.7. The second-order valence-corrected chi connectivity index (χ2v) is 18.1. The second-order valence-electron chi connectivity index (χ2n) is 18.1. The van der Waals surface area contributed by atoms with Gasteiger partial charge in [-0.15, -0.1) is 0 Å². The highest BCUT2D eigenvalue weighted by Crippen LogP contribution is 2.15. The molecule has 0 bridgehead atoms. The Morgan fingerprint density at radius 1 is 0.492 bits per heavy atom. The third kappa shape index (κ3) is 46.8. The summed E-state index contributed by atoms with van der Waals surface area (Å²) < 4.78 is 22.8. The van der Waals surface area contributed by atoms with E-state index in [1.807, 2.05) is 21.1 Å². The van der Waals surface area contributed by atoms with Crippen molar-refractivity contribution in [2.75, 3.05) is 47.5 Å². The molecule has 0 heterocycles. The highest BCUT2D eigenvalue weighted by molar-refractivity contribution is 5.71. The van der Waals surface area contributed by atoms with Crippen molar-refractivity contribution >= 4 is 17.9 Å². The number of unbranched alkanes of at least 4 members (excludes halogenated alkanes) is 21. The quantitative estimate of drug-likeness (QED) is 0.0212. The van der Waals surface area contributed by atoms with Gasteiger partial charge in [0.2, 0.25) is 0 Å². The first-order chi connectivity index (χ1) is 30.6. The van der Waals surface area contributed by atoms with Gasteiger partial charge in [-0.25, -0.2) is 4.79 Å².